The van der Waals surface area contributed by atoms with Crippen molar-refractivity contribution in [2.45, 2.75) is 11.4 Å². The van der Waals surface area contributed by atoms with Crippen LogP contribution in [0.2, 0.25) is 5.02 Å². The van der Waals surface area contributed by atoms with Crippen LogP contribution in [0.15, 0.2) is 52.4 Å². The van der Waals surface area contributed by atoms with Crippen LogP contribution < -0.4 is 10.1 Å². The van der Waals surface area contributed by atoms with Gasteiger partial charge in [-0.3, -0.25) is 14.7 Å². The number of carboxylic acid groups (broad SMARTS) is 1. The van der Waals surface area contributed by atoms with Crippen molar-refractivity contribution >= 4 is 39.3 Å². The number of nitrogens with zero attached hydrogens (tertiary/aromatic N) is 3. The van der Waals surface area contributed by atoms with Crippen molar-refractivity contribution in [1.82, 2.24) is 15.1 Å². The van der Waals surface area contributed by atoms with E-state index >= 15 is 0 Å². The molecule has 0 fully saturated rings. The summed E-state index contributed by atoms with van der Waals surface area (Å²) in [5, 5.41) is 12.1. The molecule has 0 radical (unpaired) electrons. The Kier molecular flexibility index (Phi) is 9.86. The number of amidine groups is 1. The topological polar surface area (TPSA) is 138 Å². The quantitative estimate of drug-likeness (QED) is 0.382. The minimum atomic E-state index is -3.65. The normalized spacial score (nSPS) is 13.4. The van der Waals surface area contributed by atoms with E-state index < -0.39 is 15.9 Å². The van der Waals surface area contributed by atoms with Crippen LogP contribution in [0, 0.1) is 0 Å². The van der Waals surface area contributed by atoms with Gasteiger partial charge < -0.3 is 24.8 Å². The minimum Gasteiger partial charge on any atom is -0.497 e. The number of nitrogens with one attached hydrogen (secondary N) is 1. The van der Waals surface area contributed by atoms with Gasteiger partial charge >= 0.3 is 6.09 Å². The molecule has 1 aliphatic rings. The van der Waals surface area contributed by atoms with Crippen molar-refractivity contribution in [3.8, 4) is 5.75 Å². The van der Waals surface area contributed by atoms with Crippen LogP contribution in [0.1, 0.15) is 11.1 Å². The summed E-state index contributed by atoms with van der Waals surface area (Å²) in [5.74, 6) is 0.315. The van der Waals surface area contributed by atoms with Crippen LogP contribution >= 0.6 is 11.6 Å². The molecule has 0 saturated heterocycles. The Hall–Kier alpha value is -3.19. The summed E-state index contributed by atoms with van der Waals surface area (Å²) in [6.45, 7) is 1.33. The number of likely N-dealkylation sites (N-methyl/N-ethyl adjacent to an activating group) is 1. The lowest BCUT2D eigenvalue weighted by Gasteiger charge is -2.18. The zero-order valence-electron chi connectivity index (χ0n) is 20.5. The van der Waals surface area contributed by atoms with Crippen molar-refractivity contribution in [3.05, 3.63) is 58.6 Å². The zero-order chi connectivity index (χ0) is 27.0. The Morgan fingerprint density at radius 3 is 2.59 bits per heavy atom. The van der Waals surface area contributed by atoms with Gasteiger partial charge in [0.25, 0.3) is 0 Å². The van der Waals surface area contributed by atoms with E-state index in [-0.39, 0.29) is 41.5 Å². The lowest BCUT2D eigenvalue weighted by atomic mass is 10.1. The Bertz CT molecular complexity index is 1250. The number of carbonyl (C=O) groups is 2. The summed E-state index contributed by atoms with van der Waals surface area (Å²) in [5.41, 5.74) is 1.56. The number of sulfone groups is 1. The van der Waals surface area contributed by atoms with E-state index in [1.807, 2.05) is 12.1 Å². The van der Waals surface area contributed by atoms with Gasteiger partial charge in [0.15, 0.2) is 9.84 Å². The third-order valence-electron chi connectivity index (χ3n) is 5.54. The van der Waals surface area contributed by atoms with Gasteiger partial charge in [0.05, 0.1) is 36.7 Å². The molecule has 1 aliphatic heterocycles. The van der Waals surface area contributed by atoms with E-state index in [1.165, 1.54) is 35.1 Å². The summed E-state index contributed by atoms with van der Waals surface area (Å²) in [4.78, 5) is 30.7. The fourth-order valence-electron chi connectivity index (χ4n) is 3.56. The van der Waals surface area contributed by atoms with Crippen molar-refractivity contribution in [1.29, 1.82) is 0 Å². The predicted octanol–water partition coefficient (Wildman–Crippen LogP) is 2.08. The monoisotopic (exact) mass is 552 g/mol. The molecule has 11 nitrogen and oxygen atoms in total. The van der Waals surface area contributed by atoms with Crippen molar-refractivity contribution in [3.63, 3.8) is 0 Å². The molecule has 0 unspecified atom stereocenters. The summed E-state index contributed by atoms with van der Waals surface area (Å²) in [6, 6.07) is 11.6. The molecule has 200 valence electrons. The van der Waals surface area contributed by atoms with Gasteiger partial charge in [-0.25, -0.2) is 13.2 Å². The minimum absolute atomic E-state index is 0.00339. The number of rotatable bonds is 12. The van der Waals surface area contributed by atoms with Crippen LogP contribution in [0.4, 0.5) is 4.79 Å². The SMILES string of the molecule is COc1ccc(S(=O)(=O)CNCCOCC(=O)N(C)Cc2ccc(C3=NCCN3C(=O)O)cc2)c(Cl)c1. The third kappa shape index (κ3) is 7.65. The van der Waals surface area contributed by atoms with Crippen LogP contribution in [-0.2, 0) is 25.9 Å². The highest BCUT2D eigenvalue weighted by atomic mass is 35.5. The highest BCUT2D eigenvalue weighted by Gasteiger charge is 2.24. The maximum absolute atomic E-state index is 12.5. The van der Waals surface area contributed by atoms with Crippen LogP contribution in [0.3, 0.4) is 0 Å². The number of halogens is 1. The summed E-state index contributed by atoms with van der Waals surface area (Å²) in [6.07, 6.45) is -1.04. The predicted molar refractivity (Wildman–Crippen MR) is 138 cm³/mol. The standard InChI is InChI=1S/C24H29ClN4O7S/c1-28(14-17-3-5-18(6-4-17)23-27-9-11-29(23)24(31)32)22(30)15-36-12-10-26-16-37(33,34)21-8-7-19(35-2)13-20(21)25/h3-8,13,26H,9-12,14-16H2,1-2H3,(H,31,32). The lowest BCUT2D eigenvalue weighted by Crippen LogP contribution is -2.33. The Morgan fingerprint density at radius 2 is 1.95 bits per heavy atom. The van der Waals surface area contributed by atoms with Gasteiger partial charge in [-0.1, -0.05) is 35.9 Å². The van der Waals surface area contributed by atoms with E-state index in [1.54, 1.807) is 19.2 Å². The highest BCUT2D eigenvalue weighted by Crippen LogP contribution is 2.26. The first-order valence-electron chi connectivity index (χ1n) is 11.4. The molecule has 0 saturated carbocycles. The van der Waals surface area contributed by atoms with Crippen molar-refractivity contribution < 1.29 is 32.6 Å². The maximum Gasteiger partial charge on any atom is 0.413 e. The van der Waals surface area contributed by atoms with Gasteiger partial charge in [0, 0.05) is 31.8 Å². The van der Waals surface area contributed by atoms with Crippen molar-refractivity contribution in [2.24, 2.45) is 4.99 Å². The molecule has 2 aromatic rings. The molecule has 0 spiro atoms. The van der Waals surface area contributed by atoms with Gasteiger partial charge in [-0.05, 0) is 17.7 Å². The molecular weight excluding hydrogens is 524 g/mol. The van der Waals surface area contributed by atoms with Crippen LogP contribution in [-0.4, -0.2) is 94.0 Å². The Morgan fingerprint density at radius 1 is 1.22 bits per heavy atom. The maximum atomic E-state index is 12.5. The molecule has 2 aromatic carbocycles. The second-order valence-electron chi connectivity index (χ2n) is 8.19. The number of benzene rings is 2. The van der Waals surface area contributed by atoms with E-state index in [2.05, 4.69) is 10.3 Å². The number of methoxy groups -OCH3 is 1. The van der Waals surface area contributed by atoms with E-state index in [9.17, 15) is 23.1 Å². The fraction of sp³-hybridized carbons (Fsp3) is 0.375. The summed E-state index contributed by atoms with van der Waals surface area (Å²) >= 11 is 6.05. The second-order valence-corrected chi connectivity index (χ2v) is 10.6. The Balaban J connectivity index is 1.38. The van der Waals surface area contributed by atoms with Gasteiger partial charge in [0.1, 0.15) is 24.1 Å². The smallest absolute Gasteiger partial charge is 0.413 e. The highest BCUT2D eigenvalue weighted by molar-refractivity contribution is 7.91. The molecule has 2 amide bonds. The first-order chi connectivity index (χ1) is 17.6. The first-order valence-corrected chi connectivity index (χ1v) is 13.4. The summed E-state index contributed by atoms with van der Waals surface area (Å²) in [7, 11) is -0.539. The van der Waals surface area contributed by atoms with Gasteiger partial charge in [-0.2, -0.15) is 0 Å². The van der Waals surface area contributed by atoms with Crippen LogP contribution in [0.5, 0.6) is 5.75 Å². The molecule has 0 bridgehead atoms. The molecule has 13 heteroatoms. The molecule has 2 N–H and O–H groups in total. The first kappa shape index (κ1) is 28.4. The van der Waals surface area contributed by atoms with E-state index in [4.69, 9.17) is 21.1 Å². The molecule has 1 heterocycles. The average molecular weight is 553 g/mol. The van der Waals surface area contributed by atoms with Crippen LogP contribution in [0.25, 0.3) is 0 Å². The molecule has 37 heavy (non-hydrogen) atoms. The number of carbonyl (C=O) groups excluding carboxylic acids is 1. The number of ether oxygens (including phenoxy) is 2. The number of amides is 2. The third-order valence-corrected chi connectivity index (χ3v) is 7.58. The molecule has 0 atom stereocenters. The van der Waals surface area contributed by atoms with Gasteiger partial charge in [-0.15, -0.1) is 0 Å². The average Bonchev–Trinajstić information content (AvgIpc) is 3.36. The molecule has 0 aliphatic carbocycles. The van der Waals surface area contributed by atoms with E-state index in [0.717, 1.165) is 5.56 Å². The number of hydrogen-bond donors (Lipinski definition) is 2. The zero-order valence-corrected chi connectivity index (χ0v) is 22.1. The van der Waals surface area contributed by atoms with Gasteiger partial charge in [0.2, 0.25) is 5.91 Å². The number of aliphatic imine (C=N–C) groups is 1. The molecule has 3 rings (SSSR count). The largest absolute Gasteiger partial charge is 0.497 e. The summed E-state index contributed by atoms with van der Waals surface area (Å²) < 4.78 is 35.4. The van der Waals surface area contributed by atoms with Crippen molar-refractivity contribution in [2.75, 3.05) is 52.9 Å². The number of hydrogen-bond acceptors (Lipinski definition) is 8. The second kappa shape index (κ2) is 12.9. The van der Waals surface area contributed by atoms with E-state index in [0.29, 0.717) is 36.8 Å². The Labute approximate surface area is 220 Å². The molecular formula is C24H29ClN4O7S. The fourth-order valence-corrected chi connectivity index (χ4v) is 5.28. The molecule has 0 aromatic heterocycles. The lowest BCUT2D eigenvalue weighted by molar-refractivity contribution is -0.135.